The first-order valence-corrected chi connectivity index (χ1v) is 6.33. The molecule has 1 N–H and O–H groups in total. The Kier molecular flexibility index (Phi) is 4.92. The Bertz CT molecular complexity index is 408. The normalized spacial score (nSPS) is 16.5. The SMILES string of the molecule is O=C(NCCN1CCOCC1)c1ccnc(Cl)c1. The van der Waals surface area contributed by atoms with Crippen molar-refractivity contribution in [2.75, 3.05) is 39.4 Å². The van der Waals surface area contributed by atoms with Crippen LogP contribution in [0.4, 0.5) is 0 Å². The van der Waals surface area contributed by atoms with Crippen molar-refractivity contribution >= 4 is 17.5 Å². The summed E-state index contributed by atoms with van der Waals surface area (Å²) in [5, 5.41) is 3.20. The molecule has 0 aliphatic carbocycles. The van der Waals surface area contributed by atoms with Crippen molar-refractivity contribution in [1.82, 2.24) is 15.2 Å². The Balaban J connectivity index is 1.74. The van der Waals surface area contributed by atoms with Crippen molar-refractivity contribution in [2.24, 2.45) is 0 Å². The molecule has 1 saturated heterocycles. The number of pyridine rings is 1. The van der Waals surface area contributed by atoms with E-state index in [1.807, 2.05) is 0 Å². The first-order valence-electron chi connectivity index (χ1n) is 5.95. The van der Waals surface area contributed by atoms with Gasteiger partial charge in [-0.3, -0.25) is 9.69 Å². The summed E-state index contributed by atoms with van der Waals surface area (Å²) in [6, 6.07) is 3.21. The molecule has 5 nitrogen and oxygen atoms in total. The van der Waals surface area contributed by atoms with E-state index in [0.717, 1.165) is 32.8 Å². The van der Waals surface area contributed by atoms with Crippen molar-refractivity contribution in [3.8, 4) is 0 Å². The Morgan fingerprint density at radius 3 is 3.00 bits per heavy atom. The van der Waals surface area contributed by atoms with E-state index >= 15 is 0 Å². The molecular weight excluding hydrogens is 254 g/mol. The standard InChI is InChI=1S/C12H16ClN3O2/c13-11-9-10(1-2-14-11)12(17)15-3-4-16-5-7-18-8-6-16/h1-2,9H,3-8H2,(H,15,17). The Morgan fingerprint density at radius 1 is 1.50 bits per heavy atom. The molecule has 6 heteroatoms. The van der Waals surface area contributed by atoms with Gasteiger partial charge in [0.1, 0.15) is 5.15 Å². The average molecular weight is 270 g/mol. The van der Waals surface area contributed by atoms with Crippen molar-refractivity contribution < 1.29 is 9.53 Å². The number of aromatic nitrogens is 1. The highest BCUT2D eigenvalue weighted by Crippen LogP contribution is 2.06. The largest absolute Gasteiger partial charge is 0.379 e. The number of nitrogens with zero attached hydrogens (tertiary/aromatic N) is 2. The van der Waals surface area contributed by atoms with Crippen LogP contribution < -0.4 is 5.32 Å². The van der Waals surface area contributed by atoms with Gasteiger partial charge in [0.2, 0.25) is 0 Å². The Hall–Kier alpha value is -1.17. The lowest BCUT2D eigenvalue weighted by Gasteiger charge is -2.26. The van der Waals surface area contributed by atoms with Gasteiger partial charge in [-0.1, -0.05) is 11.6 Å². The fourth-order valence-electron chi connectivity index (χ4n) is 1.80. The lowest BCUT2D eigenvalue weighted by atomic mass is 10.2. The summed E-state index contributed by atoms with van der Waals surface area (Å²) in [5.41, 5.74) is 0.539. The maximum absolute atomic E-state index is 11.8. The molecule has 2 rings (SSSR count). The number of rotatable bonds is 4. The molecule has 18 heavy (non-hydrogen) atoms. The van der Waals surface area contributed by atoms with Crippen LogP contribution in [-0.2, 0) is 4.74 Å². The number of halogens is 1. The Morgan fingerprint density at radius 2 is 2.28 bits per heavy atom. The van der Waals surface area contributed by atoms with E-state index in [-0.39, 0.29) is 5.91 Å². The quantitative estimate of drug-likeness (QED) is 0.822. The van der Waals surface area contributed by atoms with Crippen LogP contribution in [0.25, 0.3) is 0 Å². The van der Waals surface area contributed by atoms with Gasteiger partial charge in [0, 0.05) is 37.9 Å². The minimum atomic E-state index is -0.118. The maximum atomic E-state index is 11.8. The predicted molar refractivity (Wildman–Crippen MR) is 68.8 cm³/mol. The summed E-state index contributed by atoms with van der Waals surface area (Å²) in [7, 11) is 0. The molecule has 2 heterocycles. The van der Waals surface area contributed by atoms with Crippen LogP contribution in [-0.4, -0.2) is 55.2 Å². The van der Waals surface area contributed by atoms with Gasteiger partial charge < -0.3 is 10.1 Å². The van der Waals surface area contributed by atoms with Crippen LogP contribution in [0, 0.1) is 0 Å². The van der Waals surface area contributed by atoms with Crippen LogP contribution in [0.5, 0.6) is 0 Å². The molecule has 0 radical (unpaired) electrons. The Labute approximate surface area is 111 Å². The first kappa shape index (κ1) is 13.3. The molecule has 1 fully saturated rings. The van der Waals surface area contributed by atoms with Gasteiger partial charge in [0.05, 0.1) is 13.2 Å². The van der Waals surface area contributed by atoms with E-state index < -0.39 is 0 Å². The van der Waals surface area contributed by atoms with E-state index in [4.69, 9.17) is 16.3 Å². The number of ether oxygens (including phenoxy) is 1. The summed E-state index contributed by atoms with van der Waals surface area (Å²) in [6.07, 6.45) is 1.53. The molecule has 0 aromatic carbocycles. The van der Waals surface area contributed by atoms with Gasteiger partial charge >= 0.3 is 0 Å². The first-order chi connectivity index (χ1) is 8.75. The molecular formula is C12H16ClN3O2. The summed E-state index contributed by atoms with van der Waals surface area (Å²) in [4.78, 5) is 17.9. The summed E-state index contributed by atoms with van der Waals surface area (Å²) in [5.74, 6) is -0.118. The van der Waals surface area contributed by atoms with Gasteiger partial charge in [-0.05, 0) is 12.1 Å². The minimum Gasteiger partial charge on any atom is -0.379 e. The van der Waals surface area contributed by atoms with E-state index in [9.17, 15) is 4.79 Å². The van der Waals surface area contributed by atoms with Crippen LogP contribution in [0.2, 0.25) is 5.15 Å². The predicted octanol–water partition coefficient (Wildman–Crippen LogP) is 0.797. The zero-order chi connectivity index (χ0) is 12.8. The van der Waals surface area contributed by atoms with Crippen molar-refractivity contribution in [3.63, 3.8) is 0 Å². The maximum Gasteiger partial charge on any atom is 0.251 e. The van der Waals surface area contributed by atoms with E-state index in [2.05, 4.69) is 15.2 Å². The molecule has 0 unspecified atom stereocenters. The lowest BCUT2D eigenvalue weighted by Crippen LogP contribution is -2.41. The molecule has 1 aromatic heterocycles. The summed E-state index contributed by atoms with van der Waals surface area (Å²) >= 11 is 5.73. The highest BCUT2D eigenvalue weighted by Gasteiger charge is 2.11. The second-order valence-corrected chi connectivity index (χ2v) is 4.46. The second-order valence-electron chi connectivity index (χ2n) is 4.08. The van der Waals surface area contributed by atoms with Gasteiger partial charge in [-0.25, -0.2) is 4.98 Å². The summed E-state index contributed by atoms with van der Waals surface area (Å²) in [6.45, 7) is 4.86. The number of amides is 1. The summed E-state index contributed by atoms with van der Waals surface area (Å²) < 4.78 is 5.26. The smallest absolute Gasteiger partial charge is 0.251 e. The number of hydrogen-bond donors (Lipinski definition) is 1. The molecule has 1 aliphatic rings. The third-order valence-corrected chi connectivity index (χ3v) is 3.01. The molecule has 0 spiro atoms. The second kappa shape index (κ2) is 6.68. The van der Waals surface area contributed by atoms with Gasteiger partial charge in [-0.15, -0.1) is 0 Å². The highest BCUT2D eigenvalue weighted by atomic mass is 35.5. The van der Waals surface area contributed by atoms with Crippen LogP contribution >= 0.6 is 11.6 Å². The molecule has 1 aliphatic heterocycles. The van der Waals surface area contributed by atoms with Crippen LogP contribution in [0.3, 0.4) is 0 Å². The molecule has 1 amide bonds. The van der Waals surface area contributed by atoms with E-state index in [1.165, 1.54) is 6.20 Å². The number of morpholine rings is 1. The van der Waals surface area contributed by atoms with E-state index in [1.54, 1.807) is 12.1 Å². The topological polar surface area (TPSA) is 54.5 Å². The van der Waals surface area contributed by atoms with Crippen molar-refractivity contribution in [1.29, 1.82) is 0 Å². The highest BCUT2D eigenvalue weighted by molar-refractivity contribution is 6.29. The van der Waals surface area contributed by atoms with Gasteiger partial charge in [0.15, 0.2) is 0 Å². The lowest BCUT2D eigenvalue weighted by molar-refractivity contribution is 0.0383. The van der Waals surface area contributed by atoms with Crippen molar-refractivity contribution in [3.05, 3.63) is 29.0 Å². The molecule has 0 bridgehead atoms. The molecule has 98 valence electrons. The monoisotopic (exact) mass is 269 g/mol. The van der Waals surface area contributed by atoms with Gasteiger partial charge in [0.25, 0.3) is 5.91 Å². The van der Waals surface area contributed by atoms with Crippen molar-refractivity contribution in [2.45, 2.75) is 0 Å². The number of carbonyl (C=O) groups is 1. The van der Waals surface area contributed by atoms with Gasteiger partial charge in [-0.2, -0.15) is 0 Å². The number of carbonyl (C=O) groups excluding carboxylic acids is 1. The third-order valence-electron chi connectivity index (χ3n) is 2.81. The fourth-order valence-corrected chi connectivity index (χ4v) is 1.97. The number of hydrogen-bond acceptors (Lipinski definition) is 4. The minimum absolute atomic E-state index is 0.118. The molecule has 0 saturated carbocycles. The van der Waals surface area contributed by atoms with E-state index in [0.29, 0.717) is 17.3 Å². The fraction of sp³-hybridized carbons (Fsp3) is 0.500. The molecule has 0 atom stereocenters. The number of nitrogens with one attached hydrogen (secondary N) is 1. The third kappa shape index (κ3) is 3.94. The average Bonchev–Trinajstić information content (AvgIpc) is 2.40. The van der Waals surface area contributed by atoms with Crippen LogP contribution in [0.1, 0.15) is 10.4 Å². The zero-order valence-electron chi connectivity index (χ0n) is 10.1. The zero-order valence-corrected chi connectivity index (χ0v) is 10.8. The van der Waals surface area contributed by atoms with Crippen LogP contribution in [0.15, 0.2) is 18.3 Å². The molecule has 1 aromatic rings.